The van der Waals surface area contributed by atoms with Crippen molar-refractivity contribution >= 4 is 14.6 Å². The van der Waals surface area contributed by atoms with Crippen LogP contribution < -0.4 is 0 Å². The van der Waals surface area contributed by atoms with Crippen LogP contribution in [0.2, 0.25) is 18.1 Å². The molecule has 0 aromatic carbocycles. The Kier molecular flexibility index (Phi) is 7.97. The van der Waals surface area contributed by atoms with Crippen molar-refractivity contribution in [1.29, 1.82) is 0 Å². The summed E-state index contributed by atoms with van der Waals surface area (Å²) in [7, 11) is -1.69. The van der Waals surface area contributed by atoms with Crippen LogP contribution in [0.1, 0.15) is 47.5 Å². The standard InChI is InChI=1S/C16H28O2Si/c1-7-16(6,13-11-12-15(5)14-17)18-19(8-2,9-3)10-4/h1,12,14H,8-11,13H2,2-6H3/b15-12+/t16-/m1/s1. The second-order valence-corrected chi connectivity index (χ2v) is 10.0. The van der Waals surface area contributed by atoms with Gasteiger partial charge in [0.2, 0.25) is 0 Å². The summed E-state index contributed by atoms with van der Waals surface area (Å²) in [4.78, 5) is 10.6. The van der Waals surface area contributed by atoms with E-state index in [1.54, 1.807) is 0 Å². The van der Waals surface area contributed by atoms with Crippen LogP contribution in [0.4, 0.5) is 0 Å². The zero-order valence-corrected chi connectivity index (χ0v) is 14.1. The summed E-state index contributed by atoms with van der Waals surface area (Å²) in [5.74, 6) is 2.82. The van der Waals surface area contributed by atoms with E-state index in [1.807, 2.05) is 19.9 Å². The van der Waals surface area contributed by atoms with E-state index in [-0.39, 0.29) is 0 Å². The van der Waals surface area contributed by atoms with Crippen molar-refractivity contribution in [3.8, 4) is 12.3 Å². The molecule has 19 heavy (non-hydrogen) atoms. The Hall–Kier alpha value is -0.853. The lowest BCUT2D eigenvalue weighted by atomic mass is 10.0. The molecule has 2 nitrogen and oxygen atoms in total. The molecule has 0 radical (unpaired) electrons. The van der Waals surface area contributed by atoms with Gasteiger partial charge in [0.1, 0.15) is 11.9 Å². The first-order valence-corrected chi connectivity index (χ1v) is 9.73. The maximum Gasteiger partial charge on any atom is 0.194 e. The van der Waals surface area contributed by atoms with Crippen LogP contribution in [0.25, 0.3) is 0 Å². The molecule has 0 aliphatic carbocycles. The molecule has 108 valence electrons. The highest BCUT2D eigenvalue weighted by Crippen LogP contribution is 2.30. The van der Waals surface area contributed by atoms with E-state index in [0.717, 1.165) is 42.8 Å². The van der Waals surface area contributed by atoms with Gasteiger partial charge in [0.25, 0.3) is 0 Å². The summed E-state index contributed by atoms with van der Waals surface area (Å²) in [5.41, 5.74) is 0.248. The van der Waals surface area contributed by atoms with Crippen LogP contribution in [0, 0.1) is 12.3 Å². The Morgan fingerprint density at radius 2 is 1.84 bits per heavy atom. The first-order chi connectivity index (χ1) is 8.90. The van der Waals surface area contributed by atoms with Gasteiger partial charge in [0.05, 0.1) is 0 Å². The maximum absolute atomic E-state index is 10.6. The Balaban J connectivity index is 4.78. The van der Waals surface area contributed by atoms with Crippen LogP contribution in [0.3, 0.4) is 0 Å². The molecule has 1 atom stereocenters. The molecule has 0 saturated carbocycles. The van der Waals surface area contributed by atoms with Gasteiger partial charge in [-0.2, -0.15) is 0 Å². The Morgan fingerprint density at radius 1 is 1.32 bits per heavy atom. The van der Waals surface area contributed by atoms with E-state index in [0.29, 0.717) is 0 Å². The van der Waals surface area contributed by atoms with Crippen molar-refractivity contribution in [3.63, 3.8) is 0 Å². The number of rotatable bonds is 9. The second kappa shape index (κ2) is 8.34. The largest absolute Gasteiger partial charge is 0.401 e. The number of carbonyl (C=O) groups is 1. The molecule has 3 heteroatoms. The topological polar surface area (TPSA) is 26.3 Å². The Labute approximate surface area is 119 Å². The minimum Gasteiger partial charge on any atom is -0.401 e. The first-order valence-electron chi connectivity index (χ1n) is 7.20. The molecule has 0 aliphatic rings. The minimum absolute atomic E-state index is 0.506. The number of carbonyl (C=O) groups excluding carboxylic acids is 1. The quantitative estimate of drug-likeness (QED) is 0.272. The molecular weight excluding hydrogens is 252 g/mol. The molecule has 0 N–H and O–H groups in total. The normalized spacial score (nSPS) is 15.7. The predicted molar refractivity (Wildman–Crippen MR) is 84.6 cm³/mol. The summed E-state index contributed by atoms with van der Waals surface area (Å²) in [6.07, 6.45) is 10.0. The van der Waals surface area contributed by atoms with E-state index in [4.69, 9.17) is 10.8 Å². The fraction of sp³-hybridized carbons (Fsp3) is 0.688. The van der Waals surface area contributed by atoms with E-state index in [1.165, 1.54) is 0 Å². The van der Waals surface area contributed by atoms with Crippen molar-refractivity contribution in [2.45, 2.75) is 71.2 Å². The maximum atomic E-state index is 10.6. The second-order valence-electron chi connectivity index (χ2n) is 5.33. The van der Waals surface area contributed by atoms with Gasteiger partial charge in [-0.1, -0.05) is 32.8 Å². The Morgan fingerprint density at radius 3 is 2.21 bits per heavy atom. The third kappa shape index (κ3) is 5.75. The molecule has 0 spiro atoms. The average molecular weight is 280 g/mol. The van der Waals surface area contributed by atoms with E-state index >= 15 is 0 Å². The molecule has 0 aromatic rings. The fourth-order valence-corrected chi connectivity index (χ4v) is 5.27. The van der Waals surface area contributed by atoms with E-state index < -0.39 is 13.9 Å². The van der Waals surface area contributed by atoms with Crippen molar-refractivity contribution in [2.24, 2.45) is 0 Å². The molecule has 0 aliphatic heterocycles. The minimum atomic E-state index is -1.69. The van der Waals surface area contributed by atoms with Crippen LogP contribution in [0.15, 0.2) is 11.6 Å². The highest BCUT2D eigenvalue weighted by atomic mass is 28.4. The van der Waals surface area contributed by atoms with Gasteiger partial charge in [-0.25, -0.2) is 0 Å². The lowest BCUT2D eigenvalue weighted by molar-refractivity contribution is -0.104. The number of terminal acetylenes is 1. The van der Waals surface area contributed by atoms with Gasteiger partial charge in [0.15, 0.2) is 8.32 Å². The lowest BCUT2D eigenvalue weighted by Gasteiger charge is -2.37. The molecule has 0 heterocycles. The molecule has 0 saturated heterocycles. The zero-order valence-electron chi connectivity index (χ0n) is 13.1. The number of allylic oxidation sites excluding steroid dienone is 2. The number of hydrogen-bond donors (Lipinski definition) is 0. The highest BCUT2D eigenvalue weighted by molar-refractivity contribution is 6.73. The molecular formula is C16H28O2Si. The van der Waals surface area contributed by atoms with Crippen LogP contribution in [-0.4, -0.2) is 20.2 Å². The van der Waals surface area contributed by atoms with Crippen LogP contribution in [0.5, 0.6) is 0 Å². The zero-order chi connectivity index (χ0) is 14.9. The van der Waals surface area contributed by atoms with Crippen molar-refractivity contribution in [1.82, 2.24) is 0 Å². The number of hydrogen-bond acceptors (Lipinski definition) is 2. The van der Waals surface area contributed by atoms with Gasteiger partial charge in [-0.15, -0.1) is 6.42 Å². The monoisotopic (exact) mass is 280 g/mol. The van der Waals surface area contributed by atoms with E-state index in [9.17, 15) is 4.79 Å². The smallest absolute Gasteiger partial charge is 0.194 e. The molecule has 0 amide bonds. The van der Waals surface area contributed by atoms with Gasteiger partial charge in [-0.3, -0.25) is 4.79 Å². The van der Waals surface area contributed by atoms with E-state index in [2.05, 4.69) is 26.7 Å². The van der Waals surface area contributed by atoms with Crippen LogP contribution >= 0.6 is 0 Å². The van der Waals surface area contributed by atoms with Gasteiger partial charge >= 0.3 is 0 Å². The van der Waals surface area contributed by atoms with Crippen molar-refractivity contribution in [3.05, 3.63) is 11.6 Å². The first kappa shape index (κ1) is 18.1. The SMILES string of the molecule is C#C[C@](C)(CC/C=C(\C)C=O)O[Si](CC)(CC)CC. The summed E-state index contributed by atoms with van der Waals surface area (Å²) < 4.78 is 6.42. The molecule has 0 rings (SSSR count). The van der Waals surface area contributed by atoms with Gasteiger partial charge < -0.3 is 4.43 Å². The lowest BCUT2D eigenvalue weighted by Crippen LogP contribution is -2.45. The van der Waals surface area contributed by atoms with Crippen molar-refractivity contribution in [2.75, 3.05) is 0 Å². The molecule has 0 aromatic heterocycles. The summed E-state index contributed by atoms with van der Waals surface area (Å²) in [6, 6.07) is 3.29. The predicted octanol–water partition coefficient (Wildman–Crippen LogP) is 4.33. The third-order valence-corrected chi connectivity index (χ3v) is 8.70. The molecule has 0 bridgehead atoms. The summed E-state index contributed by atoms with van der Waals surface area (Å²) in [6.45, 7) is 10.4. The molecule has 0 unspecified atom stereocenters. The van der Waals surface area contributed by atoms with Gasteiger partial charge in [0, 0.05) is 0 Å². The highest BCUT2D eigenvalue weighted by Gasteiger charge is 2.36. The number of aldehydes is 1. The summed E-state index contributed by atoms with van der Waals surface area (Å²) >= 11 is 0. The van der Waals surface area contributed by atoms with Crippen LogP contribution in [-0.2, 0) is 9.22 Å². The average Bonchev–Trinajstić information content (AvgIpc) is 2.44. The fourth-order valence-electron chi connectivity index (χ4n) is 2.22. The molecule has 0 fully saturated rings. The Bertz CT molecular complexity index is 342. The third-order valence-electron chi connectivity index (χ3n) is 3.95. The van der Waals surface area contributed by atoms with Crippen molar-refractivity contribution < 1.29 is 9.22 Å². The summed E-state index contributed by atoms with van der Waals surface area (Å²) in [5, 5.41) is 0. The van der Waals surface area contributed by atoms with Gasteiger partial charge in [-0.05, 0) is 50.4 Å².